The third kappa shape index (κ3) is 5.39. The molecule has 10 heteroatoms. The van der Waals surface area contributed by atoms with Gasteiger partial charge in [0.15, 0.2) is 0 Å². The van der Waals surface area contributed by atoms with Crippen molar-refractivity contribution in [3.05, 3.63) is 42.1 Å². The number of pyridine rings is 1. The number of nitrogens with one attached hydrogen (secondary N) is 1. The highest BCUT2D eigenvalue weighted by Crippen LogP contribution is 2.28. The van der Waals surface area contributed by atoms with Crippen molar-refractivity contribution < 1.29 is 23.1 Å². The van der Waals surface area contributed by atoms with Gasteiger partial charge in [0, 0.05) is 19.1 Å². The molecule has 33 heavy (non-hydrogen) atoms. The summed E-state index contributed by atoms with van der Waals surface area (Å²) in [7, 11) is -2.40. The van der Waals surface area contributed by atoms with Crippen molar-refractivity contribution in [3.8, 4) is 5.75 Å². The number of piperidine rings is 2. The Labute approximate surface area is 194 Å². The Morgan fingerprint density at radius 1 is 1.09 bits per heavy atom. The molecule has 0 spiro atoms. The standard InChI is InChI=1S/C23H30N4O5S/c1-32-19-5-7-20(8-6-19)33(30,31)25-17-15-21(23(28)29)22(24-16-17)27-13-9-18(10-14-27)26-11-3-2-4-12-26/h5-8,15-16,18,25H,2-4,9-14H2,1H3,(H,28,29). The van der Waals surface area contributed by atoms with E-state index in [2.05, 4.69) is 14.6 Å². The van der Waals surface area contributed by atoms with E-state index in [0.717, 1.165) is 39.0 Å². The Bertz CT molecular complexity index is 1080. The average molecular weight is 475 g/mol. The first-order chi connectivity index (χ1) is 15.9. The van der Waals surface area contributed by atoms with Crippen molar-refractivity contribution in [3.63, 3.8) is 0 Å². The fraction of sp³-hybridized carbons (Fsp3) is 0.478. The van der Waals surface area contributed by atoms with Crippen LogP contribution in [0.1, 0.15) is 42.5 Å². The smallest absolute Gasteiger partial charge is 0.339 e. The second-order valence-corrected chi connectivity index (χ2v) is 10.2. The van der Waals surface area contributed by atoms with E-state index in [4.69, 9.17) is 4.74 Å². The minimum atomic E-state index is -3.90. The van der Waals surface area contributed by atoms with Crippen molar-refractivity contribution in [2.24, 2.45) is 0 Å². The fourth-order valence-corrected chi connectivity index (χ4v) is 5.65. The molecule has 2 aliphatic rings. The number of likely N-dealkylation sites (tertiary alicyclic amines) is 1. The summed E-state index contributed by atoms with van der Waals surface area (Å²) in [6.45, 7) is 3.75. The van der Waals surface area contributed by atoms with Gasteiger partial charge in [0.25, 0.3) is 10.0 Å². The Balaban J connectivity index is 1.48. The lowest BCUT2D eigenvalue weighted by molar-refractivity contribution is 0.0697. The van der Waals surface area contributed by atoms with Crippen LogP contribution in [0.25, 0.3) is 0 Å². The Hall–Kier alpha value is -2.85. The minimum absolute atomic E-state index is 0.0126. The number of anilines is 2. The highest BCUT2D eigenvalue weighted by Gasteiger charge is 2.28. The van der Waals surface area contributed by atoms with Gasteiger partial charge in [0.05, 0.1) is 23.9 Å². The molecule has 0 radical (unpaired) electrons. The molecule has 0 saturated carbocycles. The van der Waals surface area contributed by atoms with E-state index >= 15 is 0 Å². The summed E-state index contributed by atoms with van der Waals surface area (Å²) >= 11 is 0. The maximum Gasteiger partial charge on any atom is 0.339 e. The van der Waals surface area contributed by atoms with Gasteiger partial charge in [-0.15, -0.1) is 0 Å². The molecule has 9 nitrogen and oxygen atoms in total. The summed E-state index contributed by atoms with van der Waals surface area (Å²) in [6.07, 6.45) is 7.10. The van der Waals surface area contributed by atoms with Crippen LogP contribution >= 0.6 is 0 Å². The Morgan fingerprint density at radius 3 is 2.36 bits per heavy atom. The number of aromatic carboxylic acids is 1. The number of carboxylic acid groups (broad SMARTS) is 1. The number of ether oxygens (including phenoxy) is 1. The summed E-state index contributed by atoms with van der Waals surface area (Å²) in [4.78, 5) is 20.9. The van der Waals surface area contributed by atoms with Crippen molar-refractivity contribution in [2.75, 3.05) is 42.9 Å². The molecule has 178 valence electrons. The molecule has 0 amide bonds. The maximum atomic E-state index is 12.7. The first kappa shape index (κ1) is 23.3. The minimum Gasteiger partial charge on any atom is -0.497 e. The molecule has 4 rings (SSSR count). The number of carbonyl (C=O) groups is 1. The van der Waals surface area contributed by atoms with Crippen LogP contribution in [0.15, 0.2) is 41.4 Å². The Morgan fingerprint density at radius 2 is 1.76 bits per heavy atom. The summed E-state index contributed by atoms with van der Waals surface area (Å²) in [5.74, 6) is -0.217. The van der Waals surface area contributed by atoms with E-state index in [9.17, 15) is 18.3 Å². The molecule has 2 aliphatic heterocycles. The first-order valence-corrected chi connectivity index (χ1v) is 12.7. The average Bonchev–Trinajstić information content (AvgIpc) is 2.84. The predicted molar refractivity (Wildman–Crippen MR) is 126 cm³/mol. The SMILES string of the molecule is COc1ccc(S(=O)(=O)Nc2cnc(N3CCC(N4CCCCC4)CC3)c(C(=O)O)c2)cc1. The van der Waals surface area contributed by atoms with Gasteiger partial charge in [0.2, 0.25) is 0 Å². The van der Waals surface area contributed by atoms with Crippen molar-refractivity contribution in [1.82, 2.24) is 9.88 Å². The van der Waals surface area contributed by atoms with E-state index in [-0.39, 0.29) is 16.1 Å². The molecule has 0 atom stereocenters. The molecule has 1 aromatic carbocycles. The number of carboxylic acids is 1. The summed E-state index contributed by atoms with van der Waals surface area (Å²) in [6, 6.07) is 7.81. The van der Waals surface area contributed by atoms with E-state index in [1.165, 1.54) is 50.8 Å². The van der Waals surface area contributed by atoms with Gasteiger partial charge in [-0.2, -0.15) is 0 Å². The number of sulfonamides is 1. The van der Waals surface area contributed by atoms with E-state index < -0.39 is 16.0 Å². The summed E-state index contributed by atoms with van der Waals surface area (Å²) in [5, 5.41) is 9.78. The molecule has 2 aromatic rings. The van der Waals surface area contributed by atoms with Crippen molar-refractivity contribution in [2.45, 2.75) is 43.0 Å². The number of methoxy groups -OCH3 is 1. The van der Waals surface area contributed by atoms with Gasteiger partial charge in [0.1, 0.15) is 17.1 Å². The van der Waals surface area contributed by atoms with Crippen LogP contribution in [-0.2, 0) is 10.0 Å². The van der Waals surface area contributed by atoms with Gasteiger partial charge in [-0.25, -0.2) is 18.2 Å². The van der Waals surface area contributed by atoms with E-state index in [1.807, 2.05) is 4.90 Å². The second-order valence-electron chi connectivity index (χ2n) is 8.50. The van der Waals surface area contributed by atoms with Crippen LogP contribution in [0.3, 0.4) is 0 Å². The second kappa shape index (κ2) is 9.96. The topological polar surface area (TPSA) is 112 Å². The van der Waals surface area contributed by atoms with Crippen molar-refractivity contribution in [1.29, 1.82) is 0 Å². The largest absolute Gasteiger partial charge is 0.497 e. The lowest BCUT2D eigenvalue weighted by Gasteiger charge is -2.40. The zero-order valence-corrected chi connectivity index (χ0v) is 19.6. The van der Waals surface area contributed by atoms with Crippen LogP contribution in [0.4, 0.5) is 11.5 Å². The fourth-order valence-electron chi connectivity index (χ4n) is 4.62. The lowest BCUT2D eigenvalue weighted by atomic mass is 9.99. The molecule has 1 aromatic heterocycles. The summed E-state index contributed by atoms with van der Waals surface area (Å²) in [5.41, 5.74) is 0.0940. The molecule has 3 heterocycles. The van der Waals surface area contributed by atoms with Gasteiger partial charge in [-0.3, -0.25) is 4.72 Å². The molecular weight excluding hydrogens is 444 g/mol. The Kier molecular flexibility index (Phi) is 7.04. The molecule has 0 aliphatic carbocycles. The molecular formula is C23H30N4O5S. The van der Waals surface area contributed by atoms with Crippen LogP contribution in [0, 0.1) is 0 Å². The maximum absolute atomic E-state index is 12.7. The zero-order chi connectivity index (χ0) is 23.4. The van der Waals surface area contributed by atoms with Gasteiger partial charge < -0.3 is 19.6 Å². The molecule has 2 N–H and O–H groups in total. The number of benzene rings is 1. The number of rotatable bonds is 7. The van der Waals surface area contributed by atoms with Gasteiger partial charge in [-0.1, -0.05) is 6.42 Å². The van der Waals surface area contributed by atoms with Crippen LogP contribution in [0.5, 0.6) is 5.75 Å². The normalized spacial score (nSPS) is 18.2. The van der Waals surface area contributed by atoms with Crippen LogP contribution < -0.4 is 14.4 Å². The molecule has 0 unspecified atom stereocenters. The lowest BCUT2D eigenvalue weighted by Crippen LogP contribution is -2.47. The van der Waals surface area contributed by atoms with E-state index in [0.29, 0.717) is 17.6 Å². The third-order valence-corrected chi connectivity index (χ3v) is 7.79. The first-order valence-electron chi connectivity index (χ1n) is 11.3. The zero-order valence-electron chi connectivity index (χ0n) is 18.7. The van der Waals surface area contributed by atoms with Gasteiger partial charge >= 0.3 is 5.97 Å². The summed E-state index contributed by atoms with van der Waals surface area (Å²) < 4.78 is 32.9. The predicted octanol–water partition coefficient (Wildman–Crippen LogP) is 3.04. The van der Waals surface area contributed by atoms with Gasteiger partial charge in [-0.05, 0) is 69.1 Å². The molecule has 2 fully saturated rings. The molecule has 0 bridgehead atoms. The van der Waals surface area contributed by atoms with Crippen LogP contribution in [-0.4, -0.2) is 68.7 Å². The number of aromatic nitrogens is 1. The monoisotopic (exact) mass is 474 g/mol. The number of nitrogens with zero attached hydrogens (tertiary/aromatic N) is 3. The van der Waals surface area contributed by atoms with Crippen LogP contribution in [0.2, 0.25) is 0 Å². The van der Waals surface area contributed by atoms with Crippen molar-refractivity contribution >= 4 is 27.5 Å². The quantitative estimate of drug-likeness (QED) is 0.630. The highest BCUT2D eigenvalue weighted by molar-refractivity contribution is 7.92. The molecule has 2 saturated heterocycles. The number of hydrogen-bond acceptors (Lipinski definition) is 7. The highest BCUT2D eigenvalue weighted by atomic mass is 32.2. The number of hydrogen-bond donors (Lipinski definition) is 2. The third-order valence-electron chi connectivity index (χ3n) is 6.39. The van der Waals surface area contributed by atoms with E-state index in [1.54, 1.807) is 12.1 Å².